The third-order valence-corrected chi connectivity index (χ3v) is 4.46. The molecular formula is C19H26N2O3. The predicted octanol–water partition coefficient (Wildman–Crippen LogP) is 2.32. The molecule has 5 heteroatoms. The Kier molecular flexibility index (Phi) is 5.75. The van der Waals surface area contributed by atoms with Gasteiger partial charge in [0.2, 0.25) is 5.91 Å². The van der Waals surface area contributed by atoms with Gasteiger partial charge < -0.3 is 19.7 Å². The molecule has 5 nitrogen and oxygen atoms in total. The summed E-state index contributed by atoms with van der Waals surface area (Å²) in [6.45, 7) is 7.35. The fraction of sp³-hybridized carbons (Fsp3) is 0.526. The lowest BCUT2D eigenvalue weighted by atomic mass is 10.0. The van der Waals surface area contributed by atoms with E-state index in [4.69, 9.17) is 9.47 Å². The first-order chi connectivity index (χ1) is 11.7. The Bertz CT molecular complexity index is 600. The lowest BCUT2D eigenvalue weighted by molar-refractivity contribution is -0.116. The number of ether oxygens (including phenoxy) is 2. The Hall–Kier alpha value is -2.01. The molecule has 1 amide bonds. The van der Waals surface area contributed by atoms with Crippen molar-refractivity contribution in [2.24, 2.45) is 5.92 Å². The molecule has 0 spiro atoms. The van der Waals surface area contributed by atoms with Gasteiger partial charge in [0.25, 0.3) is 0 Å². The number of carbonyl (C=O) groups is 1. The van der Waals surface area contributed by atoms with Crippen LogP contribution in [0.1, 0.15) is 25.3 Å². The predicted molar refractivity (Wildman–Crippen MR) is 94.3 cm³/mol. The van der Waals surface area contributed by atoms with Gasteiger partial charge in [0.15, 0.2) is 11.5 Å². The Morgan fingerprint density at radius 3 is 3.00 bits per heavy atom. The van der Waals surface area contributed by atoms with E-state index in [2.05, 4.69) is 17.1 Å². The molecule has 1 aromatic rings. The first-order valence-corrected chi connectivity index (χ1v) is 8.78. The summed E-state index contributed by atoms with van der Waals surface area (Å²) in [6, 6.07) is 5.70. The zero-order chi connectivity index (χ0) is 16.8. The smallest absolute Gasteiger partial charge is 0.244 e. The minimum Gasteiger partial charge on any atom is -0.486 e. The number of hydrogen-bond acceptors (Lipinski definition) is 4. The number of likely N-dealkylation sites (tertiary alicyclic amines) is 1. The molecule has 0 saturated carbocycles. The van der Waals surface area contributed by atoms with E-state index in [0.717, 1.165) is 42.6 Å². The van der Waals surface area contributed by atoms with Gasteiger partial charge in [0, 0.05) is 25.7 Å². The van der Waals surface area contributed by atoms with E-state index in [1.54, 1.807) is 12.2 Å². The van der Waals surface area contributed by atoms with E-state index < -0.39 is 0 Å². The Labute approximate surface area is 143 Å². The summed E-state index contributed by atoms with van der Waals surface area (Å²) in [7, 11) is 0. The highest BCUT2D eigenvalue weighted by Crippen LogP contribution is 2.31. The van der Waals surface area contributed by atoms with Gasteiger partial charge >= 0.3 is 0 Å². The number of amides is 1. The molecule has 2 aliphatic rings. The Morgan fingerprint density at radius 2 is 2.17 bits per heavy atom. The van der Waals surface area contributed by atoms with Crippen LogP contribution in [0.15, 0.2) is 24.3 Å². The minimum absolute atomic E-state index is 0.0602. The van der Waals surface area contributed by atoms with Crippen molar-refractivity contribution in [1.82, 2.24) is 10.2 Å². The van der Waals surface area contributed by atoms with Crippen LogP contribution in [-0.2, 0) is 4.79 Å². The normalized spacial score (nSPS) is 21.0. The van der Waals surface area contributed by atoms with Crippen LogP contribution in [0.25, 0.3) is 6.08 Å². The number of benzene rings is 1. The van der Waals surface area contributed by atoms with Crippen LogP contribution in [0.4, 0.5) is 0 Å². The average Bonchev–Trinajstić information content (AvgIpc) is 2.60. The second kappa shape index (κ2) is 8.20. The monoisotopic (exact) mass is 330 g/mol. The van der Waals surface area contributed by atoms with Crippen LogP contribution in [-0.4, -0.2) is 50.2 Å². The van der Waals surface area contributed by atoms with Crippen molar-refractivity contribution < 1.29 is 14.3 Å². The molecule has 0 aromatic heterocycles. The summed E-state index contributed by atoms with van der Waals surface area (Å²) in [5.74, 6) is 2.21. The van der Waals surface area contributed by atoms with Crippen LogP contribution in [0.5, 0.6) is 11.5 Å². The largest absolute Gasteiger partial charge is 0.486 e. The number of piperidine rings is 1. The molecule has 0 bridgehead atoms. The molecule has 2 aliphatic heterocycles. The number of rotatable bonds is 5. The number of nitrogens with one attached hydrogen (secondary N) is 1. The van der Waals surface area contributed by atoms with Crippen molar-refractivity contribution in [3.63, 3.8) is 0 Å². The third kappa shape index (κ3) is 4.74. The van der Waals surface area contributed by atoms with E-state index in [1.807, 2.05) is 18.2 Å². The molecule has 1 atom stereocenters. The molecule has 3 rings (SSSR count). The fourth-order valence-corrected chi connectivity index (χ4v) is 3.22. The summed E-state index contributed by atoms with van der Waals surface area (Å²) in [4.78, 5) is 14.4. The van der Waals surface area contributed by atoms with E-state index >= 15 is 0 Å². The first kappa shape index (κ1) is 16.8. The van der Waals surface area contributed by atoms with Crippen molar-refractivity contribution in [1.29, 1.82) is 0 Å². The number of fused-ring (bicyclic) bond motifs is 1. The zero-order valence-electron chi connectivity index (χ0n) is 14.3. The van der Waals surface area contributed by atoms with Gasteiger partial charge in [-0.3, -0.25) is 4.79 Å². The van der Waals surface area contributed by atoms with Gasteiger partial charge in [-0.2, -0.15) is 0 Å². The van der Waals surface area contributed by atoms with Crippen LogP contribution < -0.4 is 14.8 Å². The molecule has 0 unspecified atom stereocenters. The highest BCUT2D eigenvalue weighted by Gasteiger charge is 2.15. The first-order valence-electron chi connectivity index (χ1n) is 8.78. The second-order valence-corrected chi connectivity index (χ2v) is 6.58. The van der Waals surface area contributed by atoms with E-state index in [1.165, 1.54) is 12.8 Å². The summed E-state index contributed by atoms with van der Waals surface area (Å²) in [6.07, 6.45) is 5.96. The molecule has 24 heavy (non-hydrogen) atoms. The Morgan fingerprint density at radius 1 is 1.33 bits per heavy atom. The van der Waals surface area contributed by atoms with Crippen LogP contribution in [0.2, 0.25) is 0 Å². The molecule has 1 N–H and O–H groups in total. The molecule has 2 heterocycles. The molecule has 1 fully saturated rings. The van der Waals surface area contributed by atoms with Crippen LogP contribution in [0.3, 0.4) is 0 Å². The summed E-state index contributed by atoms with van der Waals surface area (Å²) in [5, 5.41) is 2.95. The maximum Gasteiger partial charge on any atom is 0.244 e. The number of hydrogen-bond donors (Lipinski definition) is 1. The summed E-state index contributed by atoms with van der Waals surface area (Å²) >= 11 is 0. The van der Waals surface area contributed by atoms with E-state index in [0.29, 0.717) is 19.8 Å². The standard InChI is InChI=1S/C19H26N2O3/c1-15-3-2-9-21(14-15)10-8-20-19(22)7-5-16-4-6-17-18(13-16)24-12-11-23-17/h4-7,13,15H,2-3,8-12,14H2,1H3,(H,20,22)/b7-5+/t15-/m1/s1. The minimum atomic E-state index is -0.0602. The third-order valence-electron chi connectivity index (χ3n) is 4.46. The topological polar surface area (TPSA) is 50.8 Å². The lowest BCUT2D eigenvalue weighted by Gasteiger charge is -2.30. The summed E-state index contributed by atoms with van der Waals surface area (Å²) in [5.41, 5.74) is 0.930. The quantitative estimate of drug-likeness (QED) is 0.842. The summed E-state index contributed by atoms with van der Waals surface area (Å²) < 4.78 is 11.0. The molecule has 130 valence electrons. The van der Waals surface area contributed by atoms with E-state index in [-0.39, 0.29) is 5.91 Å². The van der Waals surface area contributed by atoms with Gasteiger partial charge in [-0.1, -0.05) is 13.0 Å². The SMILES string of the molecule is C[C@@H]1CCCN(CCNC(=O)/C=C/c2ccc3c(c2)OCCO3)C1. The van der Waals surface area contributed by atoms with Crippen LogP contribution in [0, 0.1) is 5.92 Å². The van der Waals surface area contributed by atoms with Crippen molar-refractivity contribution in [2.45, 2.75) is 19.8 Å². The second-order valence-electron chi connectivity index (χ2n) is 6.58. The fourth-order valence-electron chi connectivity index (χ4n) is 3.22. The number of carbonyl (C=O) groups excluding carboxylic acids is 1. The van der Waals surface area contributed by atoms with Crippen molar-refractivity contribution in [3.8, 4) is 11.5 Å². The average molecular weight is 330 g/mol. The highest BCUT2D eigenvalue weighted by molar-refractivity contribution is 5.91. The van der Waals surface area contributed by atoms with Gasteiger partial charge in [-0.15, -0.1) is 0 Å². The zero-order valence-corrected chi connectivity index (χ0v) is 14.3. The number of nitrogens with zero attached hydrogens (tertiary/aromatic N) is 1. The molecule has 0 radical (unpaired) electrons. The van der Waals surface area contributed by atoms with Crippen LogP contribution >= 0.6 is 0 Å². The van der Waals surface area contributed by atoms with Gasteiger partial charge in [0.1, 0.15) is 13.2 Å². The van der Waals surface area contributed by atoms with Crippen molar-refractivity contribution >= 4 is 12.0 Å². The Balaban J connectivity index is 1.43. The maximum atomic E-state index is 11.9. The van der Waals surface area contributed by atoms with Crippen molar-refractivity contribution in [3.05, 3.63) is 29.8 Å². The van der Waals surface area contributed by atoms with Gasteiger partial charge in [-0.05, 0) is 49.1 Å². The van der Waals surface area contributed by atoms with Crippen molar-refractivity contribution in [2.75, 3.05) is 39.4 Å². The lowest BCUT2D eigenvalue weighted by Crippen LogP contribution is -2.39. The molecule has 0 aliphatic carbocycles. The molecule has 1 saturated heterocycles. The highest BCUT2D eigenvalue weighted by atomic mass is 16.6. The van der Waals surface area contributed by atoms with Gasteiger partial charge in [-0.25, -0.2) is 0 Å². The molecule has 1 aromatic carbocycles. The van der Waals surface area contributed by atoms with Gasteiger partial charge in [0.05, 0.1) is 0 Å². The molecular weight excluding hydrogens is 304 g/mol. The van der Waals surface area contributed by atoms with E-state index in [9.17, 15) is 4.79 Å². The maximum absolute atomic E-state index is 11.9.